The van der Waals surface area contributed by atoms with Crippen LogP contribution in [-0.4, -0.2) is 76.4 Å². The lowest BCUT2D eigenvalue weighted by atomic mass is 10.1. The molecule has 0 spiro atoms. The van der Waals surface area contributed by atoms with Crippen LogP contribution in [0.25, 0.3) is 0 Å². The molecule has 0 heterocycles. The monoisotopic (exact) mass is 690 g/mol. The molecule has 1 N–H and O–H groups in total. The van der Waals surface area contributed by atoms with Crippen LogP contribution in [0, 0.1) is 0 Å². The summed E-state index contributed by atoms with van der Waals surface area (Å²) in [6.07, 6.45) is 51.4. The van der Waals surface area contributed by atoms with E-state index < -0.39 is 0 Å². The van der Waals surface area contributed by atoms with Crippen molar-refractivity contribution in [3.05, 3.63) is 24.3 Å². The van der Waals surface area contributed by atoms with Crippen molar-refractivity contribution in [2.75, 3.05) is 67.5 Å². The van der Waals surface area contributed by atoms with E-state index in [2.05, 4.69) is 71.7 Å². The first kappa shape index (κ1) is 48.4. The summed E-state index contributed by atoms with van der Waals surface area (Å²) in [5.41, 5.74) is 0. The molecule has 0 amide bonds. The minimum absolute atomic E-state index is 1.18. The standard InChI is InChI=1S/C46H95N3/c1-7-9-11-13-15-17-19-21-23-25-27-29-31-33-35-37-43-48(3,4)45-39-41-47-42-40-46-49(5,6)44-38-36-34-32-30-28-26-24-22-20-18-16-14-12-10-8-2/h21-24,47H,7-20,25-46H2,1-6H3/q+2/b23-21-,24-22-. The Morgan fingerprint density at radius 3 is 0.857 bits per heavy atom. The van der Waals surface area contributed by atoms with E-state index in [4.69, 9.17) is 0 Å². The molecule has 0 aliphatic carbocycles. The molecule has 0 aromatic rings. The molecular weight excluding hydrogens is 595 g/mol. The van der Waals surface area contributed by atoms with E-state index in [1.807, 2.05) is 0 Å². The molecule has 3 heteroatoms. The Bertz CT molecular complexity index is 636. The van der Waals surface area contributed by atoms with Gasteiger partial charge >= 0.3 is 0 Å². The van der Waals surface area contributed by atoms with Gasteiger partial charge in [0.15, 0.2) is 0 Å². The van der Waals surface area contributed by atoms with E-state index in [9.17, 15) is 0 Å². The summed E-state index contributed by atoms with van der Waals surface area (Å²) < 4.78 is 2.37. The maximum Gasteiger partial charge on any atom is 0.0794 e. The van der Waals surface area contributed by atoms with Gasteiger partial charge in [-0.05, 0) is 77.0 Å². The predicted octanol–water partition coefficient (Wildman–Crippen LogP) is 13.6. The first-order valence-electron chi connectivity index (χ1n) is 22.5. The fourth-order valence-electron chi connectivity index (χ4n) is 7.19. The van der Waals surface area contributed by atoms with Gasteiger partial charge in [0.1, 0.15) is 0 Å². The Labute approximate surface area is 311 Å². The van der Waals surface area contributed by atoms with Crippen molar-refractivity contribution in [2.24, 2.45) is 0 Å². The Hall–Kier alpha value is -0.640. The molecule has 0 saturated carbocycles. The van der Waals surface area contributed by atoms with Gasteiger partial charge < -0.3 is 14.3 Å². The first-order valence-corrected chi connectivity index (χ1v) is 22.5. The summed E-state index contributed by atoms with van der Waals surface area (Å²) in [4.78, 5) is 0. The van der Waals surface area contributed by atoms with E-state index in [-0.39, 0.29) is 0 Å². The highest BCUT2D eigenvalue weighted by Gasteiger charge is 2.15. The van der Waals surface area contributed by atoms with Gasteiger partial charge in [-0.3, -0.25) is 0 Å². The van der Waals surface area contributed by atoms with Crippen LogP contribution in [0.1, 0.15) is 206 Å². The summed E-state index contributed by atoms with van der Waals surface area (Å²) >= 11 is 0. The average molecular weight is 690 g/mol. The smallest absolute Gasteiger partial charge is 0.0794 e. The number of unbranched alkanes of at least 4 members (excludes halogenated alkanes) is 24. The number of hydrogen-bond donors (Lipinski definition) is 1. The lowest BCUT2D eigenvalue weighted by molar-refractivity contribution is -0.890. The van der Waals surface area contributed by atoms with Crippen molar-refractivity contribution in [3.8, 4) is 0 Å². The second kappa shape index (κ2) is 37.1. The highest BCUT2D eigenvalue weighted by molar-refractivity contribution is 4.82. The van der Waals surface area contributed by atoms with Crippen LogP contribution in [0.4, 0.5) is 0 Å². The second-order valence-electron chi connectivity index (χ2n) is 17.1. The second-order valence-corrected chi connectivity index (χ2v) is 17.1. The summed E-state index contributed by atoms with van der Waals surface area (Å²) in [6, 6.07) is 0. The van der Waals surface area contributed by atoms with Crippen LogP contribution in [0.3, 0.4) is 0 Å². The Morgan fingerprint density at radius 1 is 0.306 bits per heavy atom. The molecule has 0 fully saturated rings. The maximum absolute atomic E-state index is 3.75. The maximum atomic E-state index is 3.75. The van der Waals surface area contributed by atoms with Crippen molar-refractivity contribution in [3.63, 3.8) is 0 Å². The Kier molecular flexibility index (Phi) is 36.6. The van der Waals surface area contributed by atoms with Gasteiger partial charge in [-0.25, -0.2) is 0 Å². The van der Waals surface area contributed by atoms with Crippen LogP contribution >= 0.6 is 0 Å². The molecule has 0 atom stereocenters. The summed E-state index contributed by atoms with van der Waals surface area (Å²) in [7, 11) is 9.75. The van der Waals surface area contributed by atoms with Gasteiger partial charge in [-0.15, -0.1) is 0 Å². The van der Waals surface area contributed by atoms with E-state index in [1.54, 1.807) is 0 Å². The van der Waals surface area contributed by atoms with Crippen LogP contribution in [0.15, 0.2) is 24.3 Å². The van der Waals surface area contributed by atoms with Gasteiger partial charge in [0.2, 0.25) is 0 Å². The lowest BCUT2D eigenvalue weighted by Crippen LogP contribution is -2.43. The molecule has 0 aliphatic rings. The number of nitrogens with zero attached hydrogens (tertiary/aromatic N) is 2. The fourth-order valence-corrected chi connectivity index (χ4v) is 7.19. The van der Waals surface area contributed by atoms with Crippen LogP contribution in [0.5, 0.6) is 0 Å². The average Bonchev–Trinajstić information content (AvgIpc) is 3.07. The molecule has 0 aliphatic heterocycles. The van der Waals surface area contributed by atoms with Crippen LogP contribution < -0.4 is 5.32 Å². The third kappa shape index (κ3) is 40.0. The molecule has 0 saturated heterocycles. The molecule has 0 bridgehead atoms. The highest BCUT2D eigenvalue weighted by atomic mass is 15.3. The highest BCUT2D eigenvalue weighted by Crippen LogP contribution is 2.13. The minimum atomic E-state index is 1.18. The Balaban J connectivity index is 3.51. The minimum Gasteiger partial charge on any atom is -0.328 e. The van der Waals surface area contributed by atoms with Gasteiger partial charge in [0.05, 0.1) is 54.4 Å². The fraction of sp³-hybridized carbons (Fsp3) is 0.913. The lowest BCUT2D eigenvalue weighted by Gasteiger charge is -2.30. The SMILES string of the molecule is CCCCCCCC/C=C\CCCCCCCC[N+](C)(C)CCCNCCC[N+](C)(C)CCCCCCCC/C=C\CCCCCCCC. The molecule has 292 valence electrons. The zero-order valence-electron chi connectivity index (χ0n) is 35.2. The Morgan fingerprint density at radius 2 is 0.551 bits per heavy atom. The molecule has 0 aromatic heterocycles. The van der Waals surface area contributed by atoms with Crippen LogP contribution in [-0.2, 0) is 0 Å². The summed E-state index contributed by atoms with van der Waals surface area (Å²) in [5.74, 6) is 0. The number of rotatable bonds is 40. The topological polar surface area (TPSA) is 12.0 Å². The quantitative estimate of drug-likeness (QED) is 0.0384. The molecular formula is C46H95N3+2. The van der Waals surface area contributed by atoms with Crippen molar-refractivity contribution >= 4 is 0 Å². The predicted molar refractivity (Wildman–Crippen MR) is 225 cm³/mol. The van der Waals surface area contributed by atoms with Crippen molar-refractivity contribution in [1.29, 1.82) is 0 Å². The molecule has 0 rings (SSSR count). The molecule has 0 unspecified atom stereocenters. The molecule has 3 nitrogen and oxygen atoms in total. The zero-order valence-corrected chi connectivity index (χ0v) is 35.2. The summed E-state index contributed by atoms with van der Waals surface area (Å²) in [6.45, 7) is 12.2. The zero-order chi connectivity index (χ0) is 36.0. The van der Waals surface area contributed by atoms with Crippen molar-refractivity contribution < 1.29 is 8.97 Å². The van der Waals surface area contributed by atoms with E-state index in [0.29, 0.717) is 0 Å². The normalized spacial score (nSPS) is 12.7. The third-order valence-electron chi connectivity index (χ3n) is 10.8. The number of allylic oxidation sites excluding steroid dienone is 4. The summed E-state index contributed by atoms with van der Waals surface area (Å²) in [5, 5.41) is 3.75. The largest absolute Gasteiger partial charge is 0.328 e. The van der Waals surface area contributed by atoms with Crippen molar-refractivity contribution in [2.45, 2.75) is 206 Å². The van der Waals surface area contributed by atoms with Gasteiger partial charge in [-0.1, -0.05) is 141 Å². The first-order chi connectivity index (χ1) is 23.8. The van der Waals surface area contributed by atoms with Gasteiger partial charge in [-0.2, -0.15) is 0 Å². The van der Waals surface area contributed by atoms with Crippen LogP contribution in [0.2, 0.25) is 0 Å². The number of hydrogen-bond acceptors (Lipinski definition) is 1. The van der Waals surface area contributed by atoms with Gasteiger partial charge in [0, 0.05) is 25.9 Å². The van der Waals surface area contributed by atoms with E-state index >= 15 is 0 Å². The van der Waals surface area contributed by atoms with Gasteiger partial charge in [0.25, 0.3) is 0 Å². The molecule has 0 radical (unpaired) electrons. The number of nitrogens with one attached hydrogen (secondary N) is 1. The van der Waals surface area contributed by atoms with E-state index in [0.717, 1.165) is 0 Å². The van der Waals surface area contributed by atoms with Crippen molar-refractivity contribution in [1.82, 2.24) is 5.32 Å². The number of quaternary nitrogens is 2. The molecule has 0 aromatic carbocycles. The molecule has 49 heavy (non-hydrogen) atoms. The third-order valence-corrected chi connectivity index (χ3v) is 10.8. The van der Waals surface area contributed by atoms with E-state index in [1.165, 1.54) is 241 Å².